The lowest BCUT2D eigenvalue weighted by Crippen LogP contribution is -2.47. The summed E-state index contributed by atoms with van der Waals surface area (Å²) in [5.41, 5.74) is 4.56. The summed E-state index contributed by atoms with van der Waals surface area (Å²) in [6.45, 7) is 3.21. The number of halogens is 1. The van der Waals surface area contributed by atoms with Gasteiger partial charge in [-0.15, -0.1) is 0 Å². The van der Waals surface area contributed by atoms with Crippen LogP contribution in [0.2, 0.25) is 5.02 Å². The fraction of sp³-hybridized carbons (Fsp3) is 0.333. The number of amides is 3. The van der Waals surface area contributed by atoms with Gasteiger partial charge in [-0.25, -0.2) is 4.79 Å². The maximum absolute atomic E-state index is 14.2. The number of rotatable bonds is 8. The zero-order valence-corrected chi connectivity index (χ0v) is 24.3. The van der Waals surface area contributed by atoms with Gasteiger partial charge in [0.15, 0.2) is 6.61 Å². The summed E-state index contributed by atoms with van der Waals surface area (Å²) in [5, 5.41) is 3.03. The summed E-state index contributed by atoms with van der Waals surface area (Å²) >= 11 is 6.05. The number of carbonyl (C=O) groups excluding carboxylic acids is 4. The molecule has 0 spiro atoms. The lowest BCUT2D eigenvalue weighted by Gasteiger charge is -2.45. The molecule has 3 aromatic carbocycles. The number of nitrogens with zero attached hydrogens (tertiary/aromatic N) is 1. The standard InChI is InChI=1S/C33H31ClN2O6/c1-17(2)14-24(33(40)42-16-26(37)35-23-15-18(34)12-13-25(23)41-3)36-31(38)29-27-19-8-4-5-9-20(19)28(30(29)32(36)39)22-11-7-6-10-21(22)27/h4-13,15,17,24,27-30H,14,16H2,1-3H3,(H,35,37)/t24-,27?,28?,29-,30+/m0/s1. The number of imide groups is 1. The molecular weight excluding hydrogens is 556 g/mol. The summed E-state index contributed by atoms with van der Waals surface area (Å²) in [6, 6.07) is 19.6. The lowest BCUT2D eigenvalue weighted by atomic mass is 9.55. The molecular formula is C33H31ClN2O6. The molecule has 8 nitrogen and oxygen atoms in total. The molecule has 1 fully saturated rings. The molecule has 0 radical (unpaired) electrons. The highest BCUT2D eigenvalue weighted by Crippen LogP contribution is 2.61. The van der Waals surface area contributed by atoms with Crippen LogP contribution < -0.4 is 10.1 Å². The topological polar surface area (TPSA) is 102 Å². The van der Waals surface area contributed by atoms with E-state index in [1.165, 1.54) is 13.2 Å². The van der Waals surface area contributed by atoms with Gasteiger partial charge in [0.1, 0.15) is 11.8 Å². The Bertz CT molecular complexity index is 1490. The number of carbonyl (C=O) groups is 4. The van der Waals surface area contributed by atoms with Crippen LogP contribution in [-0.4, -0.2) is 48.3 Å². The van der Waals surface area contributed by atoms with Crippen molar-refractivity contribution in [2.24, 2.45) is 17.8 Å². The first kappa shape index (κ1) is 28.0. The molecule has 0 aromatic heterocycles. The molecule has 3 amide bonds. The van der Waals surface area contributed by atoms with E-state index in [0.29, 0.717) is 16.5 Å². The highest BCUT2D eigenvalue weighted by molar-refractivity contribution is 6.31. The summed E-state index contributed by atoms with van der Waals surface area (Å²) in [5.74, 6) is -3.51. The Kier molecular flexibility index (Phi) is 7.27. The summed E-state index contributed by atoms with van der Waals surface area (Å²) < 4.78 is 10.7. The van der Waals surface area contributed by atoms with E-state index in [1.807, 2.05) is 62.4 Å². The molecule has 3 aliphatic carbocycles. The summed E-state index contributed by atoms with van der Waals surface area (Å²) in [7, 11) is 1.46. The zero-order chi connectivity index (χ0) is 29.7. The van der Waals surface area contributed by atoms with Crippen LogP contribution in [0.4, 0.5) is 5.69 Å². The van der Waals surface area contributed by atoms with E-state index in [9.17, 15) is 19.2 Å². The van der Waals surface area contributed by atoms with E-state index in [4.69, 9.17) is 21.1 Å². The maximum atomic E-state index is 14.2. The molecule has 2 bridgehead atoms. The van der Waals surface area contributed by atoms with E-state index in [2.05, 4.69) is 5.32 Å². The highest BCUT2D eigenvalue weighted by Gasteiger charge is 2.63. The molecule has 1 N–H and O–H groups in total. The Balaban J connectivity index is 1.26. The molecule has 0 unspecified atom stereocenters. The first-order valence-electron chi connectivity index (χ1n) is 14.1. The number of esters is 1. The largest absolute Gasteiger partial charge is 0.495 e. The lowest BCUT2D eigenvalue weighted by molar-refractivity contribution is -0.160. The second-order valence-corrected chi connectivity index (χ2v) is 11.9. The number of likely N-dealkylation sites (tertiary alicyclic amines) is 1. The van der Waals surface area contributed by atoms with E-state index in [0.717, 1.165) is 27.2 Å². The number of hydrogen-bond donors (Lipinski definition) is 1. The molecule has 9 heteroatoms. The smallest absolute Gasteiger partial charge is 0.329 e. The summed E-state index contributed by atoms with van der Waals surface area (Å²) in [6.07, 6.45) is 0.217. The van der Waals surface area contributed by atoms with Gasteiger partial charge in [0.25, 0.3) is 5.91 Å². The van der Waals surface area contributed by atoms with Gasteiger partial charge in [-0.1, -0.05) is 74.0 Å². The van der Waals surface area contributed by atoms with E-state index < -0.39 is 36.4 Å². The van der Waals surface area contributed by atoms with Gasteiger partial charge < -0.3 is 14.8 Å². The van der Waals surface area contributed by atoms with Gasteiger partial charge in [0.05, 0.1) is 24.6 Å². The molecule has 4 aliphatic rings. The van der Waals surface area contributed by atoms with Crippen LogP contribution in [0, 0.1) is 17.8 Å². The highest BCUT2D eigenvalue weighted by atomic mass is 35.5. The number of ether oxygens (including phenoxy) is 2. The average Bonchev–Trinajstić information content (AvgIpc) is 3.24. The first-order chi connectivity index (χ1) is 20.2. The van der Waals surface area contributed by atoms with Crippen LogP contribution in [0.3, 0.4) is 0 Å². The Labute approximate surface area is 248 Å². The average molecular weight is 587 g/mol. The second kappa shape index (κ2) is 10.9. The van der Waals surface area contributed by atoms with Crippen LogP contribution in [-0.2, 0) is 23.9 Å². The quantitative estimate of drug-likeness (QED) is 0.290. The van der Waals surface area contributed by atoms with Gasteiger partial charge in [0.2, 0.25) is 11.8 Å². The minimum Gasteiger partial charge on any atom is -0.495 e. The third-order valence-corrected chi connectivity index (χ3v) is 8.78. The van der Waals surface area contributed by atoms with E-state index in [-0.39, 0.29) is 36.0 Å². The van der Waals surface area contributed by atoms with Crippen molar-refractivity contribution in [3.05, 3.63) is 94.0 Å². The molecule has 3 aromatic rings. The Hall–Kier alpha value is -4.17. The predicted octanol–water partition coefficient (Wildman–Crippen LogP) is 5.14. The van der Waals surface area contributed by atoms with Crippen LogP contribution in [0.5, 0.6) is 5.75 Å². The molecule has 42 heavy (non-hydrogen) atoms. The number of nitrogens with one attached hydrogen (secondary N) is 1. The molecule has 1 saturated heterocycles. The van der Waals surface area contributed by atoms with Crippen molar-refractivity contribution in [3.8, 4) is 5.75 Å². The maximum Gasteiger partial charge on any atom is 0.329 e. The van der Waals surface area contributed by atoms with Crippen LogP contribution >= 0.6 is 11.6 Å². The number of anilines is 1. The molecule has 0 saturated carbocycles. The molecule has 3 atom stereocenters. The Morgan fingerprint density at radius 3 is 1.88 bits per heavy atom. The number of hydrogen-bond acceptors (Lipinski definition) is 6. The zero-order valence-electron chi connectivity index (χ0n) is 23.5. The van der Waals surface area contributed by atoms with E-state index in [1.54, 1.807) is 12.1 Å². The van der Waals surface area contributed by atoms with Crippen molar-refractivity contribution in [2.75, 3.05) is 19.0 Å². The third kappa shape index (κ3) is 4.54. The fourth-order valence-electron chi connectivity index (χ4n) is 6.96. The monoisotopic (exact) mass is 586 g/mol. The van der Waals surface area contributed by atoms with E-state index >= 15 is 0 Å². The molecule has 7 rings (SSSR count). The van der Waals surface area contributed by atoms with Crippen molar-refractivity contribution in [2.45, 2.75) is 38.1 Å². The van der Waals surface area contributed by atoms with Crippen LogP contribution in [0.25, 0.3) is 0 Å². The Morgan fingerprint density at radius 1 is 0.881 bits per heavy atom. The third-order valence-electron chi connectivity index (χ3n) is 8.54. The van der Waals surface area contributed by atoms with Gasteiger partial charge in [0, 0.05) is 16.9 Å². The SMILES string of the molecule is COc1ccc(Cl)cc1NC(=O)COC(=O)[C@H](CC(C)C)N1C(=O)[C@@H]2C3c4ccccc4C(c4ccccc43)[C@@H]2C1=O. The fourth-order valence-corrected chi connectivity index (χ4v) is 7.13. The van der Waals surface area contributed by atoms with Crippen molar-refractivity contribution in [1.82, 2.24) is 4.90 Å². The minimum absolute atomic E-state index is 0.0264. The molecule has 1 heterocycles. The normalized spacial score (nSPS) is 22.4. The van der Waals surface area contributed by atoms with Crippen molar-refractivity contribution >= 4 is 41.0 Å². The summed E-state index contributed by atoms with van der Waals surface area (Å²) in [4.78, 5) is 55.7. The Morgan fingerprint density at radius 2 is 1.40 bits per heavy atom. The minimum atomic E-state index is -1.14. The first-order valence-corrected chi connectivity index (χ1v) is 14.4. The number of benzene rings is 3. The molecule has 1 aliphatic heterocycles. The molecule has 216 valence electrons. The van der Waals surface area contributed by atoms with Gasteiger partial charge in [-0.3, -0.25) is 19.3 Å². The van der Waals surface area contributed by atoms with Crippen LogP contribution in [0.1, 0.15) is 54.4 Å². The van der Waals surface area contributed by atoms with Gasteiger partial charge in [-0.2, -0.15) is 0 Å². The van der Waals surface area contributed by atoms with Crippen LogP contribution in [0.15, 0.2) is 66.7 Å². The van der Waals surface area contributed by atoms with Gasteiger partial charge in [-0.05, 0) is 52.8 Å². The van der Waals surface area contributed by atoms with Crippen molar-refractivity contribution in [1.29, 1.82) is 0 Å². The second-order valence-electron chi connectivity index (χ2n) is 11.5. The number of methoxy groups -OCH3 is 1. The van der Waals surface area contributed by atoms with Crippen molar-refractivity contribution < 1.29 is 28.7 Å². The van der Waals surface area contributed by atoms with Gasteiger partial charge >= 0.3 is 5.97 Å². The predicted molar refractivity (Wildman–Crippen MR) is 156 cm³/mol. The van der Waals surface area contributed by atoms with Crippen molar-refractivity contribution in [3.63, 3.8) is 0 Å².